The summed E-state index contributed by atoms with van der Waals surface area (Å²) in [6.07, 6.45) is 2.79. The third kappa shape index (κ3) is 2.18. The third-order valence-corrected chi connectivity index (χ3v) is 6.05. The second-order valence-corrected chi connectivity index (χ2v) is 7.20. The zero-order chi connectivity index (χ0) is 19.2. The second kappa shape index (κ2) is 6.14. The zero-order valence-electron chi connectivity index (χ0n) is 14.6. The van der Waals surface area contributed by atoms with E-state index in [0.717, 1.165) is 11.8 Å². The van der Waals surface area contributed by atoms with Gasteiger partial charge in [-0.1, -0.05) is 42.5 Å². The van der Waals surface area contributed by atoms with Gasteiger partial charge in [0, 0.05) is 23.0 Å². The van der Waals surface area contributed by atoms with Crippen molar-refractivity contribution in [3.63, 3.8) is 0 Å². The summed E-state index contributed by atoms with van der Waals surface area (Å²) in [5, 5.41) is 9.05. The predicted molar refractivity (Wildman–Crippen MR) is 99.3 cm³/mol. The molecule has 0 unspecified atom stereocenters. The number of rotatable bonds is 3. The second-order valence-electron chi connectivity index (χ2n) is 7.20. The Kier molecular flexibility index (Phi) is 3.89. The Morgan fingerprint density at radius 2 is 1.63 bits per heavy atom. The number of ketones is 2. The number of nitrogens with zero attached hydrogens (tertiary/aromatic N) is 1. The lowest BCUT2D eigenvalue weighted by atomic mass is 9.68. The third-order valence-electron chi connectivity index (χ3n) is 6.05. The van der Waals surface area contributed by atoms with E-state index in [1.807, 2.05) is 0 Å². The highest BCUT2D eigenvalue weighted by atomic mass is 16.2. The highest BCUT2D eigenvalue weighted by molar-refractivity contribution is 6.30. The van der Waals surface area contributed by atoms with Crippen LogP contribution in [0.3, 0.4) is 0 Å². The van der Waals surface area contributed by atoms with Gasteiger partial charge in [0.15, 0.2) is 11.6 Å². The number of nitriles is 1. The van der Waals surface area contributed by atoms with E-state index in [1.54, 1.807) is 54.6 Å². The van der Waals surface area contributed by atoms with Crippen LogP contribution in [0.5, 0.6) is 0 Å². The fourth-order valence-corrected chi connectivity index (χ4v) is 4.83. The first-order valence-electron chi connectivity index (χ1n) is 8.85. The number of benzene rings is 2. The van der Waals surface area contributed by atoms with E-state index in [9.17, 15) is 14.4 Å². The Bertz CT molecular complexity index is 978. The van der Waals surface area contributed by atoms with Crippen LogP contribution in [0.25, 0.3) is 0 Å². The molecule has 2 aliphatic rings. The summed E-state index contributed by atoms with van der Waals surface area (Å²) in [5.74, 6) is -1.77. The number of Topliss-reactive ketones (excluding diaryl/α,β-unsaturated/α-hetero) is 2. The van der Waals surface area contributed by atoms with Gasteiger partial charge in [0.25, 0.3) is 0 Å². The van der Waals surface area contributed by atoms with Crippen molar-refractivity contribution in [1.29, 1.82) is 5.26 Å². The molecule has 4 nitrogen and oxygen atoms in total. The molecule has 1 spiro atoms. The minimum Gasteiger partial charge on any atom is -0.303 e. The number of fused-ring (bicyclic) bond motifs is 1. The van der Waals surface area contributed by atoms with Gasteiger partial charge in [-0.15, -0.1) is 6.58 Å². The number of allylic oxidation sites excluding steroid dienone is 1. The smallest absolute Gasteiger partial charge is 0.178 e. The number of hydrogen-bond donors (Lipinski definition) is 0. The summed E-state index contributed by atoms with van der Waals surface area (Å²) in [7, 11) is 0. The molecule has 0 amide bonds. The van der Waals surface area contributed by atoms with Gasteiger partial charge >= 0.3 is 0 Å². The Hall–Kier alpha value is -3.32. The van der Waals surface area contributed by atoms with Crippen molar-refractivity contribution in [2.45, 2.75) is 12.3 Å². The molecule has 3 atom stereocenters. The van der Waals surface area contributed by atoms with Gasteiger partial charge in [-0.05, 0) is 30.0 Å². The van der Waals surface area contributed by atoms with Crippen LogP contribution in [-0.4, -0.2) is 17.9 Å². The predicted octanol–water partition coefficient (Wildman–Crippen LogP) is 3.73. The molecule has 0 N–H and O–H groups in total. The average Bonchev–Trinajstić information content (AvgIpc) is 3.17. The first kappa shape index (κ1) is 17.1. The molecule has 0 aliphatic heterocycles. The van der Waals surface area contributed by atoms with E-state index < -0.39 is 17.3 Å². The fraction of sp³-hybridized carbons (Fsp3) is 0.217. The lowest BCUT2D eigenvalue weighted by Gasteiger charge is -2.30. The van der Waals surface area contributed by atoms with Gasteiger partial charge in [0.2, 0.25) is 0 Å². The Labute approximate surface area is 157 Å². The molecular weight excluding hydrogens is 338 g/mol. The van der Waals surface area contributed by atoms with Crippen LogP contribution in [0.4, 0.5) is 0 Å². The molecule has 0 radical (unpaired) electrons. The maximum atomic E-state index is 13.4. The lowest BCUT2D eigenvalue weighted by molar-refractivity contribution is -0.112. The monoisotopic (exact) mass is 355 g/mol. The molecule has 27 heavy (non-hydrogen) atoms. The summed E-state index contributed by atoms with van der Waals surface area (Å²) in [6, 6.07) is 15.7. The molecule has 0 saturated heterocycles. The van der Waals surface area contributed by atoms with Crippen LogP contribution in [0, 0.1) is 28.6 Å². The molecular formula is C23H17NO3. The minimum atomic E-state index is -1.29. The molecule has 0 bridgehead atoms. The topological polar surface area (TPSA) is 75.0 Å². The maximum Gasteiger partial charge on any atom is 0.178 e. The first-order chi connectivity index (χ1) is 13.1. The molecule has 132 valence electrons. The summed E-state index contributed by atoms with van der Waals surface area (Å²) >= 11 is 0. The van der Waals surface area contributed by atoms with E-state index in [2.05, 4.69) is 12.6 Å². The zero-order valence-corrected chi connectivity index (χ0v) is 14.6. The average molecular weight is 355 g/mol. The van der Waals surface area contributed by atoms with Gasteiger partial charge in [-0.25, -0.2) is 0 Å². The molecule has 0 aromatic heterocycles. The molecule has 2 aliphatic carbocycles. The van der Waals surface area contributed by atoms with Crippen LogP contribution < -0.4 is 0 Å². The first-order valence-corrected chi connectivity index (χ1v) is 8.85. The van der Waals surface area contributed by atoms with Crippen molar-refractivity contribution >= 4 is 17.9 Å². The Balaban J connectivity index is 1.94. The van der Waals surface area contributed by atoms with E-state index in [-0.39, 0.29) is 23.9 Å². The molecule has 4 heteroatoms. The number of aldehydes is 1. The fourth-order valence-electron chi connectivity index (χ4n) is 4.83. The Morgan fingerprint density at radius 1 is 1.04 bits per heavy atom. The van der Waals surface area contributed by atoms with Crippen molar-refractivity contribution in [3.05, 3.63) is 83.4 Å². The van der Waals surface area contributed by atoms with Crippen molar-refractivity contribution < 1.29 is 14.4 Å². The van der Waals surface area contributed by atoms with E-state index >= 15 is 0 Å². The normalized spacial score (nSPS) is 25.2. The van der Waals surface area contributed by atoms with Crippen LogP contribution in [-0.2, 0) is 4.79 Å². The van der Waals surface area contributed by atoms with E-state index in [4.69, 9.17) is 5.26 Å². The van der Waals surface area contributed by atoms with E-state index in [1.165, 1.54) is 0 Å². The van der Waals surface area contributed by atoms with Crippen molar-refractivity contribution in [2.75, 3.05) is 0 Å². The largest absolute Gasteiger partial charge is 0.303 e. The van der Waals surface area contributed by atoms with Crippen molar-refractivity contribution in [1.82, 2.24) is 0 Å². The number of carbonyl (C=O) groups excluding carboxylic acids is 3. The van der Waals surface area contributed by atoms with E-state index in [0.29, 0.717) is 16.7 Å². The van der Waals surface area contributed by atoms with Crippen LogP contribution in [0.2, 0.25) is 0 Å². The summed E-state index contributed by atoms with van der Waals surface area (Å²) in [5.41, 5.74) is 0.777. The minimum absolute atomic E-state index is 0.214. The molecule has 0 heterocycles. The number of carbonyl (C=O) groups is 3. The van der Waals surface area contributed by atoms with Gasteiger partial charge < -0.3 is 4.79 Å². The SMILES string of the molecule is C=C[C@H]1CC2(C(=O)c3ccccc3C2=O)[C@H](c2ccc(C#N)cc2)[C@H]1C=O. The van der Waals surface area contributed by atoms with Gasteiger partial charge in [0.05, 0.1) is 11.6 Å². The summed E-state index contributed by atoms with van der Waals surface area (Å²) < 4.78 is 0. The van der Waals surface area contributed by atoms with Crippen molar-refractivity contribution in [3.8, 4) is 6.07 Å². The summed E-state index contributed by atoms with van der Waals surface area (Å²) in [6.45, 7) is 3.83. The molecule has 2 aromatic carbocycles. The van der Waals surface area contributed by atoms with Crippen LogP contribution in [0.1, 0.15) is 44.2 Å². The van der Waals surface area contributed by atoms with Gasteiger partial charge in [-0.3, -0.25) is 9.59 Å². The summed E-state index contributed by atoms with van der Waals surface area (Å²) in [4.78, 5) is 38.9. The van der Waals surface area contributed by atoms with Crippen molar-refractivity contribution in [2.24, 2.45) is 17.3 Å². The highest BCUT2D eigenvalue weighted by Crippen LogP contribution is 2.60. The standard InChI is InChI=1S/C23H17NO3/c1-2-15-11-23(21(26)17-5-3-4-6-18(17)22(23)27)20(19(15)13-25)16-9-7-14(12-24)8-10-16/h2-10,13,15,19-20H,1,11H2/t15-,19-,20+/m0/s1. The maximum absolute atomic E-state index is 13.4. The Morgan fingerprint density at radius 3 is 2.11 bits per heavy atom. The molecule has 1 fully saturated rings. The molecule has 1 saturated carbocycles. The molecule has 4 rings (SSSR count). The van der Waals surface area contributed by atoms with Gasteiger partial charge in [0.1, 0.15) is 11.7 Å². The number of hydrogen-bond acceptors (Lipinski definition) is 4. The lowest BCUT2D eigenvalue weighted by Crippen LogP contribution is -2.37. The van der Waals surface area contributed by atoms with Gasteiger partial charge in [-0.2, -0.15) is 5.26 Å². The molecule has 2 aromatic rings. The van der Waals surface area contributed by atoms with Crippen LogP contribution in [0.15, 0.2) is 61.2 Å². The quantitative estimate of drug-likeness (QED) is 0.478. The highest BCUT2D eigenvalue weighted by Gasteiger charge is 2.64. The van der Waals surface area contributed by atoms with Crippen LogP contribution >= 0.6 is 0 Å².